The first-order valence-electron chi connectivity index (χ1n) is 16.4. The van der Waals surface area contributed by atoms with Crippen molar-refractivity contribution in [3.05, 3.63) is 40.5 Å². The van der Waals surface area contributed by atoms with Crippen molar-refractivity contribution >= 4 is 29.8 Å². The van der Waals surface area contributed by atoms with E-state index < -0.39 is 79.3 Å². The third-order valence-electron chi connectivity index (χ3n) is 9.04. The lowest BCUT2D eigenvalue weighted by Crippen LogP contribution is -2.63. The number of carbonyl (C=O) groups excluding carboxylic acids is 5. The highest BCUT2D eigenvalue weighted by atomic mass is 16.7. The lowest BCUT2D eigenvalue weighted by molar-refractivity contribution is -0.288. The Balaban J connectivity index is 1.49. The van der Waals surface area contributed by atoms with Gasteiger partial charge in [-0.05, 0) is 31.2 Å². The van der Waals surface area contributed by atoms with E-state index >= 15 is 0 Å². The van der Waals surface area contributed by atoms with Crippen LogP contribution in [0.2, 0.25) is 0 Å². The molecule has 4 heterocycles. The van der Waals surface area contributed by atoms with Crippen molar-refractivity contribution in [2.24, 2.45) is 0 Å². The molecule has 0 bridgehead atoms. The van der Waals surface area contributed by atoms with Crippen molar-refractivity contribution in [1.29, 1.82) is 0 Å². The Labute approximate surface area is 298 Å². The molecule has 2 aromatic rings. The number of likely N-dealkylation sites (N-methyl/N-ethyl adjacent to an activating group) is 1. The second-order valence-electron chi connectivity index (χ2n) is 12.5. The molecule has 0 N–H and O–H groups in total. The molecule has 17 heteroatoms. The Morgan fingerprint density at radius 3 is 2.21 bits per heavy atom. The van der Waals surface area contributed by atoms with Crippen LogP contribution in [0.1, 0.15) is 66.9 Å². The molecule has 0 saturated carbocycles. The number of hydrogen-bond acceptors (Lipinski definition) is 17. The summed E-state index contributed by atoms with van der Waals surface area (Å²) in [4.78, 5) is 64.5. The van der Waals surface area contributed by atoms with Crippen molar-refractivity contribution in [3.63, 3.8) is 0 Å². The number of hydrogen-bond donors (Lipinski definition) is 0. The zero-order chi connectivity index (χ0) is 37.4. The SMILES string of the molecule is COc1ccc2c(c1OC)C(=O)OC2C1c2c(cc3c(c2OC2OC(COC(C)=O)C(OC(C)=O)C(OC(C)=O)C2OC(C)=O)OCO3)CCN1C. The van der Waals surface area contributed by atoms with E-state index in [9.17, 15) is 24.0 Å². The summed E-state index contributed by atoms with van der Waals surface area (Å²) in [6.07, 6.45) is -7.57. The van der Waals surface area contributed by atoms with Crippen LogP contribution in [0.4, 0.5) is 0 Å². The standard InChI is InChI=1S/C35H39NO16/c1-15(37)44-13-23-30(47-16(2)38)32(48-17(3)39)33(49-18(4)40)35(50-23)52-31-24-19(12-22-29(31)46-14-45-22)10-11-36(5)26(24)27-20-8-9-21(42-6)28(43-7)25(20)34(41)51-27/h8-9,12,23,26-27,30,32-33,35H,10-11,13-14H2,1-7H3. The quantitative estimate of drug-likeness (QED) is 0.256. The van der Waals surface area contributed by atoms with Gasteiger partial charge in [0, 0.05) is 45.4 Å². The summed E-state index contributed by atoms with van der Waals surface area (Å²) in [7, 11) is 4.76. The van der Waals surface area contributed by atoms with E-state index in [1.54, 1.807) is 12.1 Å². The third-order valence-corrected chi connectivity index (χ3v) is 9.04. The minimum Gasteiger partial charge on any atom is -0.493 e. The van der Waals surface area contributed by atoms with Gasteiger partial charge in [0.15, 0.2) is 35.2 Å². The smallest absolute Gasteiger partial charge is 0.343 e. The second-order valence-corrected chi connectivity index (χ2v) is 12.5. The molecule has 6 rings (SSSR count). The second kappa shape index (κ2) is 14.7. The van der Waals surface area contributed by atoms with Gasteiger partial charge in [0.25, 0.3) is 0 Å². The Kier molecular flexibility index (Phi) is 10.4. The zero-order valence-corrected chi connectivity index (χ0v) is 29.6. The highest BCUT2D eigenvalue weighted by Gasteiger charge is 2.55. The number of ether oxygens (including phenoxy) is 11. The van der Waals surface area contributed by atoms with Gasteiger partial charge in [-0.3, -0.25) is 24.1 Å². The van der Waals surface area contributed by atoms with E-state index in [1.165, 1.54) is 21.1 Å². The van der Waals surface area contributed by atoms with Gasteiger partial charge in [-0.15, -0.1) is 0 Å². The summed E-state index contributed by atoms with van der Waals surface area (Å²) in [6.45, 7) is 4.51. The molecule has 0 spiro atoms. The Morgan fingerprint density at radius 1 is 0.865 bits per heavy atom. The van der Waals surface area contributed by atoms with E-state index in [0.29, 0.717) is 35.6 Å². The molecule has 4 aliphatic rings. The van der Waals surface area contributed by atoms with Crippen molar-refractivity contribution in [2.75, 3.05) is 41.2 Å². The van der Waals surface area contributed by atoms with E-state index in [1.807, 2.05) is 18.0 Å². The summed E-state index contributed by atoms with van der Waals surface area (Å²) in [5, 5.41) is 0. The molecule has 0 aliphatic carbocycles. The van der Waals surface area contributed by atoms with Gasteiger partial charge >= 0.3 is 29.8 Å². The van der Waals surface area contributed by atoms with Gasteiger partial charge in [0.2, 0.25) is 24.9 Å². The van der Waals surface area contributed by atoms with Crippen LogP contribution >= 0.6 is 0 Å². The molecule has 1 saturated heterocycles. The van der Waals surface area contributed by atoms with Gasteiger partial charge in [-0.1, -0.05) is 6.07 Å². The van der Waals surface area contributed by atoms with Gasteiger partial charge in [0.1, 0.15) is 24.4 Å². The first-order chi connectivity index (χ1) is 24.8. The first-order valence-corrected chi connectivity index (χ1v) is 16.4. The van der Waals surface area contributed by atoms with Crippen molar-refractivity contribution in [1.82, 2.24) is 4.90 Å². The fourth-order valence-electron chi connectivity index (χ4n) is 7.03. The molecule has 17 nitrogen and oxygen atoms in total. The summed E-state index contributed by atoms with van der Waals surface area (Å²) >= 11 is 0. The number of fused-ring (bicyclic) bond motifs is 3. The maximum atomic E-state index is 13.5. The van der Waals surface area contributed by atoms with Crippen LogP contribution in [-0.4, -0.2) is 107 Å². The fourth-order valence-corrected chi connectivity index (χ4v) is 7.03. The molecular formula is C35H39NO16. The minimum atomic E-state index is -1.57. The average Bonchev–Trinajstić information content (AvgIpc) is 3.69. The highest BCUT2D eigenvalue weighted by molar-refractivity contribution is 5.98. The third kappa shape index (κ3) is 6.85. The maximum Gasteiger partial charge on any atom is 0.343 e. The number of esters is 5. The summed E-state index contributed by atoms with van der Waals surface area (Å²) in [5.74, 6) is -2.41. The maximum absolute atomic E-state index is 13.5. The normalized spacial score (nSPS) is 25.9. The number of carbonyl (C=O) groups is 5. The van der Waals surface area contributed by atoms with Gasteiger partial charge in [-0.25, -0.2) is 4.79 Å². The van der Waals surface area contributed by atoms with Gasteiger partial charge in [-0.2, -0.15) is 0 Å². The topological polar surface area (TPSA) is 190 Å². The van der Waals surface area contributed by atoms with Crippen molar-refractivity contribution in [2.45, 2.75) is 77.0 Å². The van der Waals surface area contributed by atoms with Crippen LogP contribution in [0.15, 0.2) is 18.2 Å². The van der Waals surface area contributed by atoms with Gasteiger partial charge in [0.05, 0.1) is 20.3 Å². The van der Waals surface area contributed by atoms with Crippen molar-refractivity contribution in [3.8, 4) is 28.7 Å². The van der Waals surface area contributed by atoms with Crippen LogP contribution < -0.4 is 23.7 Å². The highest BCUT2D eigenvalue weighted by Crippen LogP contribution is 2.56. The Morgan fingerprint density at radius 2 is 1.56 bits per heavy atom. The lowest BCUT2D eigenvalue weighted by atomic mass is 9.85. The summed E-state index contributed by atoms with van der Waals surface area (Å²) in [5.41, 5.74) is 2.09. The van der Waals surface area contributed by atoms with Crippen LogP contribution in [0.3, 0.4) is 0 Å². The lowest BCUT2D eigenvalue weighted by Gasteiger charge is -2.44. The molecule has 2 aromatic carbocycles. The molecule has 0 amide bonds. The van der Waals surface area contributed by atoms with E-state index in [2.05, 4.69) is 0 Å². The van der Waals surface area contributed by atoms with Gasteiger partial charge < -0.3 is 52.1 Å². The summed E-state index contributed by atoms with van der Waals surface area (Å²) < 4.78 is 63.7. The Hall–Kier alpha value is -5.29. The monoisotopic (exact) mass is 729 g/mol. The molecule has 1 fully saturated rings. The molecule has 4 aliphatic heterocycles. The largest absolute Gasteiger partial charge is 0.493 e. The predicted molar refractivity (Wildman–Crippen MR) is 172 cm³/mol. The molecule has 280 valence electrons. The van der Waals surface area contributed by atoms with E-state index in [-0.39, 0.29) is 29.6 Å². The predicted octanol–water partition coefficient (Wildman–Crippen LogP) is 2.34. The number of cyclic esters (lactones) is 1. The number of nitrogens with zero attached hydrogens (tertiary/aromatic N) is 1. The number of rotatable bonds is 10. The van der Waals surface area contributed by atoms with Crippen LogP contribution in [0.25, 0.3) is 0 Å². The molecule has 7 atom stereocenters. The molecule has 7 unspecified atom stereocenters. The Bertz CT molecular complexity index is 1780. The number of benzene rings is 2. The fraction of sp³-hybridized carbons (Fsp3) is 0.514. The zero-order valence-electron chi connectivity index (χ0n) is 29.6. The summed E-state index contributed by atoms with van der Waals surface area (Å²) in [6, 6.07) is 4.57. The number of methoxy groups -OCH3 is 2. The molecular weight excluding hydrogens is 690 g/mol. The first kappa shape index (κ1) is 36.5. The molecule has 0 radical (unpaired) electrons. The van der Waals surface area contributed by atoms with E-state index in [4.69, 9.17) is 52.1 Å². The van der Waals surface area contributed by atoms with Crippen LogP contribution in [0.5, 0.6) is 28.7 Å². The van der Waals surface area contributed by atoms with Crippen LogP contribution in [0, 0.1) is 0 Å². The minimum absolute atomic E-state index is 0.104. The van der Waals surface area contributed by atoms with Crippen molar-refractivity contribution < 1.29 is 76.1 Å². The molecule has 0 aromatic heterocycles. The van der Waals surface area contributed by atoms with Crippen LogP contribution in [-0.2, 0) is 54.0 Å². The molecule has 52 heavy (non-hydrogen) atoms. The average molecular weight is 730 g/mol. The van der Waals surface area contributed by atoms with E-state index in [0.717, 1.165) is 26.3 Å².